The van der Waals surface area contributed by atoms with Crippen LogP contribution in [0, 0.1) is 5.92 Å². The summed E-state index contributed by atoms with van der Waals surface area (Å²) in [5, 5.41) is 0. The van der Waals surface area contributed by atoms with E-state index in [1.54, 1.807) is 19.5 Å². The number of imidazole rings is 1. The molecule has 0 N–H and O–H groups in total. The van der Waals surface area contributed by atoms with Crippen LogP contribution in [0.2, 0.25) is 0 Å². The van der Waals surface area contributed by atoms with Crippen molar-refractivity contribution < 1.29 is 4.74 Å². The average Bonchev–Trinajstić information content (AvgIpc) is 3.53. The van der Waals surface area contributed by atoms with Crippen LogP contribution in [-0.2, 0) is 6.54 Å². The molecule has 2 aromatic carbocycles. The lowest BCUT2D eigenvalue weighted by molar-refractivity contribution is 0.414. The lowest BCUT2D eigenvalue weighted by Crippen LogP contribution is -2.40. The van der Waals surface area contributed by atoms with Gasteiger partial charge < -0.3 is 9.30 Å². The van der Waals surface area contributed by atoms with Gasteiger partial charge in [-0.05, 0) is 43.4 Å². The number of fused-ring (bicyclic) bond motifs is 1. The van der Waals surface area contributed by atoms with Crippen molar-refractivity contribution in [2.75, 3.05) is 7.11 Å². The minimum absolute atomic E-state index is 0.107. The summed E-state index contributed by atoms with van der Waals surface area (Å²) in [6.45, 7) is 2.46. The van der Waals surface area contributed by atoms with Crippen LogP contribution in [-0.4, -0.2) is 25.8 Å². The smallest absolute Gasteiger partial charge is 0.337 e. The Labute approximate surface area is 179 Å². The molecule has 0 saturated heterocycles. The van der Waals surface area contributed by atoms with Gasteiger partial charge in [-0.1, -0.05) is 36.4 Å². The Bertz CT molecular complexity index is 1360. The largest absolute Gasteiger partial charge is 0.497 e. The van der Waals surface area contributed by atoms with Crippen molar-refractivity contribution in [2.24, 2.45) is 5.92 Å². The molecule has 0 spiro atoms. The van der Waals surface area contributed by atoms with Gasteiger partial charge in [0.05, 0.1) is 25.2 Å². The molecule has 1 saturated carbocycles. The van der Waals surface area contributed by atoms with Gasteiger partial charge in [0.25, 0.3) is 5.56 Å². The zero-order valence-electron chi connectivity index (χ0n) is 17.6. The van der Waals surface area contributed by atoms with E-state index in [1.165, 1.54) is 9.13 Å². The van der Waals surface area contributed by atoms with Crippen LogP contribution >= 0.6 is 0 Å². The minimum atomic E-state index is -0.365. The van der Waals surface area contributed by atoms with E-state index in [9.17, 15) is 9.59 Å². The molecule has 4 aromatic rings. The Hall–Kier alpha value is -3.61. The minimum Gasteiger partial charge on any atom is -0.497 e. The van der Waals surface area contributed by atoms with Gasteiger partial charge in [0, 0.05) is 12.6 Å². The van der Waals surface area contributed by atoms with Crippen LogP contribution in [0.15, 0.2) is 70.5 Å². The standard InChI is InChI=1S/C24H24N4O3/c1-16(18-7-4-3-5-8-18)27-15-25-22-21(27)23(29)26(14-17-11-12-17)24(30)28(22)19-9-6-10-20(13-19)31-2/h3-10,13,15-17H,11-12,14H2,1-2H3/t16-/m0/s1. The van der Waals surface area contributed by atoms with Crippen LogP contribution in [0.5, 0.6) is 5.75 Å². The number of aromatic nitrogens is 4. The Morgan fingerprint density at radius 3 is 2.58 bits per heavy atom. The van der Waals surface area contributed by atoms with Crippen molar-refractivity contribution in [3.8, 4) is 11.4 Å². The first kappa shape index (κ1) is 19.4. The van der Waals surface area contributed by atoms with Crippen molar-refractivity contribution in [1.29, 1.82) is 0 Å². The van der Waals surface area contributed by atoms with E-state index >= 15 is 0 Å². The van der Waals surface area contributed by atoms with Gasteiger partial charge in [-0.2, -0.15) is 0 Å². The molecule has 0 aliphatic heterocycles. The molecule has 0 bridgehead atoms. The normalized spacial score (nSPS) is 14.6. The molecule has 2 heterocycles. The molecule has 7 heteroatoms. The van der Waals surface area contributed by atoms with Crippen LogP contribution in [0.4, 0.5) is 0 Å². The van der Waals surface area contributed by atoms with E-state index < -0.39 is 0 Å². The quantitative estimate of drug-likeness (QED) is 0.483. The summed E-state index contributed by atoms with van der Waals surface area (Å²) in [6.07, 6.45) is 3.74. The maximum atomic E-state index is 13.5. The number of hydrogen-bond acceptors (Lipinski definition) is 4. The fourth-order valence-corrected chi connectivity index (χ4v) is 4.03. The van der Waals surface area contributed by atoms with Gasteiger partial charge in [0.1, 0.15) is 5.75 Å². The maximum absolute atomic E-state index is 13.5. The third kappa shape index (κ3) is 3.36. The molecule has 0 unspecified atom stereocenters. The average molecular weight is 416 g/mol. The van der Waals surface area contributed by atoms with Gasteiger partial charge in [-0.25, -0.2) is 14.3 Å². The first-order valence-electron chi connectivity index (χ1n) is 10.5. The SMILES string of the molecule is COc1cccc(-n2c(=O)n(CC3CC3)c(=O)c3c2ncn3[C@@H](C)c2ccccc2)c1. The van der Waals surface area contributed by atoms with Gasteiger partial charge in [-0.15, -0.1) is 0 Å². The van der Waals surface area contributed by atoms with E-state index in [4.69, 9.17) is 4.74 Å². The predicted molar refractivity (Wildman–Crippen MR) is 119 cm³/mol. The zero-order valence-corrected chi connectivity index (χ0v) is 17.6. The number of hydrogen-bond donors (Lipinski definition) is 0. The van der Waals surface area contributed by atoms with E-state index in [2.05, 4.69) is 4.98 Å². The molecule has 1 fully saturated rings. The molecule has 0 amide bonds. The van der Waals surface area contributed by atoms with E-state index in [1.807, 2.05) is 60.0 Å². The highest BCUT2D eigenvalue weighted by Gasteiger charge is 2.27. The molecule has 158 valence electrons. The summed E-state index contributed by atoms with van der Waals surface area (Å²) in [7, 11) is 1.59. The summed E-state index contributed by atoms with van der Waals surface area (Å²) in [6, 6.07) is 17.1. The molecular weight excluding hydrogens is 392 g/mol. The number of ether oxygens (including phenoxy) is 1. The molecule has 1 aliphatic carbocycles. The van der Waals surface area contributed by atoms with Crippen LogP contribution in [0.3, 0.4) is 0 Å². The summed E-state index contributed by atoms with van der Waals surface area (Å²) >= 11 is 0. The third-order valence-corrected chi connectivity index (χ3v) is 6.00. The second-order valence-corrected chi connectivity index (χ2v) is 8.09. The molecule has 5 rings (SSSR count). The maximum Gasteiger partial charge on any atom is 0.337 e. The molecule has 31 heavy (non-hydrogen) atoms. The van der Waals surface area contributed by atoms with Crippen LogP contribution < -0.4 is 16.0 Å². The first-order valence-corrected chi connectivity index (χ1v) is 10.5. The summed E-state index contributed by atoms with van der Waals surface area (Å²) < 4.78 is 10.1. The number of benzene rings is 2. The van der Waals surface area contributed by atoms with Crippen molar-refractivity contribution in [2.45, 2.75) is 32.4 Å². The highest BCUT2D eigenvalue weighted by molar-refractivity contribution is 5.73. The molecule has 0 radical (unpaired) electrons. The first-order chi connectivity index (χ1) is 15.1. The Balaban J connectivity index is 1.79. The van der Waals surface area contributed by atoms with Gasteiger partial charge in [-0.3, -0.25) is 9.36 Å². The van der Waals surface area contributed by atoms with E-state index in [0.29, 0.717) is 35.1 Å². The highest BCUT2D eigenvalue weighted by Crippen LogP contribution is 2.30. The van der Waals surface area contributed by atoms with Crippen molar-refractivity contribution in [1.82, 2.24) is 18.7 Å². The molecule has 1 atom stereocenters. The monoisotopic (exact) mass is 416 g/mol. The number of rotatable bonds is 6. The molecule has 1 aliphatic rings. The van der Waals surface area contributed by atoms with Crippen LogP contribution in [0.25, 0.3) is 16.9 Å². The van der Waals surface area contributed by atoms with Crippen molar-refractivity contribution in [3.63, 3.8) is 0 Å². The van der Waals surface area contributed by atoms with E-state index in [-0.39, 0.29) is 17.3 Å². The van der Waals surface area contributed by atoms with Gasteiger partial charge >= 0.3 is 5.69 Å². The zero-order chi connectivity index (χ0) is 21.5. The number of nitrogens with zero attached hydrogens (tertiary/aromatic N) is 4. The van der Waals surface area contributed by atoms with Gasteiger partial charge in [0.2, 0.25) is 0 Å². The predicted octanol–water partition coefficient (Wildman–Crippen LogP) is 3.38. The van der Waals surface area contributed by atoms with Crippen LogP contribution in [0.1, 0.15) is 31.4 Å². The molecule has 7 nitrogen and oxygen atoms in total. The Morgan fingerprint density at radius 2 is 1.87 bits per heavy atom. The fraction of sp³-hybridized carbons (Fsp3) is 0.292. The Kier molecular flexibility index (Phi) is 4.73. The number of methoxy groups -OCH3 is 1. The lowest BCUT2D eigenvalue weighted by Gasteiger charge is -2.16. The summed E-state index contributed by atoms with van der Waals surface area (Å²) in [4.78, 5) is 31.5. The summed E-state index contributed by atoms with van der Waals surface area (Å²) in [5.74, 6) is 1.01. The fourth-order valence-electron chi connectivity index (χ4n) is 4.03. The highest BCUT2D eigenvalue weighted by atomic mass is 16.5. The second-order valence-electron chi connectivity index (χ2n) is 8.09. The topological polar surface area (TPSA) is 71.1 Å². The van der Waals surface area contributed by atoms with Crippen molar-refractivity contribution in [3.05, 3.63) is 87.3 Å². The third-order valence-electron chi connectivity index (χ3n) is 6.00. The second kappa shape index (κ2) is 7.58. The Morgan fingerprint density at radius 1 is 1.10 bits per heavy atom. The van der Waals surface area contributed by atoms with Gasteiger partial charge in [0.15, 0.2) is 11.2 Å². The lowest BCUT2D eigenvalue weighted by atomic mass is 10.1. The van der Waals surface area contributed by atoms with E-state index in [0.717, 1.165) is 18.4 Å². The molecule has 2 aromatic heterocycles. The van der Waals surface area contributed by atoms with Crippen molar-refractivity contribution >= 4 is 11.2 Å². The molecular formula is C24H24N4O3. The summed E-state index contributed by atoms with van der Waals surface area (Å²) in [5.41, 5.74) is 1.82.